The molecule has 12 heteroatoms. The molecule has 1 amide bonds. The first-order valence-corrected chi connectivity index (χ1v) is 10.9. The third kappa shape index (κ3) is 3.31. The van der Waals surface area contributed by atoms with Gasteiger partial charge in [-0.25, -0.2) is 27.1 Å². The first-order valence-electron chi connectivity index (χ1n) is 9.41. The maximum atomic E-state index is 15.0. The Labute approximate surface area is 178 Å². The largest absolute Gasteiger partial charge is 0.374 e. The third-order valence-corrected chi connectivity index (χ3v) is 7.87. The summed E-state index contributed by atoms with van der Waals surface area (Å²) < 4.78 is 47.6. The van der Waals surface area contributed by atoms with Crippen molar-refractivity contribution in [1.29, 1.82) is 0 Å². The van der Waals surface area contributed by atoms with E-state index in [1.165, 1.54) is 31.6 Å². The van der Waals surface area contributed by atoms with Crippen molar-refractivity contribution in [3.8, 4) is 0 Å². The molecule has 0 unspecified atom stereocenters. The van der Waals surface area contributed by atoms with E-state index in [1.54, 1.807) is 13.8 Å². The van der Waals surface area contributed by atoms with E-state index in [1.807, 2.05) is 0 Å². The first-order chi connectivity index (χ1) is 14.6. The quantitative estimate of drug-likeness (QED) is 0.706. The molecular weight excluding hydrogens is 427 g/mol. The maximum Gasteiger partial charge on any atom is 0.275 e. The van der Waals surface area contributed by atoms with E-state index in [4.69, 9.17) is 10.5 Å². The fourth-order valence-corrected chi connectivity index (χ4v) is 5.85. The summed E-state index contributed by atoms with van der Waals surface area (Å²) in [6.07, 6.45) is 2.03. The van der Waals surface area contributed by atoms with Crippen LogP contribution in [0, 0.1) is 12.7 Å². The van der Waals surface area contributed by atoms with E-state index in [2.05, 4.69) is 20.3 Å². The number of rotatable bonds is 3. The van der Waals surface area contributed by atoms with Crippen molar-refractivity contribution in [2.45, 2.75) is 30.7 Å². The number of guanidine groups is 1. The lowest BCUT2D eigenvalue weighted by molar-refractivity contribution is 0.102. The van der Waals surface area contributed by atoms with Gasteiger partial charge in [-0.05, 0) is 32.0 Å². The number of carbonyl (C=O) groups is 1. The minimum Gasteiger partial charge on any atom is -0.374 e. The molecule has 2 aromatic rings. The van der Waals surface area contributed by atoms with Crippen LogP contribution in [0.3, 0.4) is 0 Å². The summed E-state index contributed by atoms with van der Waals surface area (Å²) >= 11 is 0. The highest BCUT2D eigenvalue weighted by Crippen LogP contribution is 2.46. The summed E-state index contributed by atoms with van der Waals surface area (Å²) in [4.78, 5) is 24.9. The van der Waals surface area contributed by atoms with Gasteiger partial charge in [0.05, 0.1) is 24.6 Å². The number of hydrogen-bond donors (Lipinski definition) is 2. The zero-order valence-electron chi connectivity index (χ0n) is 17.0. The molecule has 1 fully saturated rings. The number of aryl methyl sites for hydroxylation is 1. The number of aliphatic imine (C=N–C) groups is 1. The Balaban J connectivity index is 1.77. The van der Waals surface area contributed by atoms with Gasteiger partial charge in [-0.2, -0.15) is 0 Å². The number of fused-ring (bicyclic) bond motifs is 1. The van der Waals surface area contributed by atoms with Gasteiger partial charge in [-0.1, -0.05) is 0 Å². The standard InChI is InChI=1S/C19H21FN6O4S/c1-10-7-23-15(8-22-10)17(27)24-12-4-5-14(20)13(6-12)19-9-30-11(2)16(19)31(28,29)26(3)18(21)25-19/h4-8,11,16H,9H2,1-3H3,(H2,21,25)(H,24,27)/t11-,16+,19+/m0/s1. The summed E-state index contributed by atoms with van der Waals surface area (Å²) in [5.41, 5.74) is 5.22. The molecule has 0 bridgehead atoms. The number of hydrogen-bond acceptors (Lipinski definition) is 8. The highest BCUT2D eigenvalue weighted by atomic mass is 32.2. The number of nitrogens with one attached hydrogen (secondary N) is 1. The number of nitrogens with zero attached hydrogens (tertiary/aromatic N) is 4. The second kappa shape index (κ2) is 7.24. The van der Waals surface area contributed by atoms with Gasteiger partial charge in [-0.3, -0.25) is 9.78 Å². The second-order valence-electron chi connectivity index (χ2n) is 7.54. The molecule has 3 atom stereocenters. The van der Waals surface area contributed by atoms with Crippen molar-refractivity contribution in [3.63, 3.8) is 0 Å². The van der Waals surface area contributed by atoms with Crippen LogP contribution in [0.5, 0.6) is 0 Å². The minimum absolute atomic E-state index is 0.0331. The smallest absolute Gasteiger partial charge is 0.275 e. The summed E-state index contributed by atoms with van der Waals surface area (Å²) in [6, 6.07) is 3.85. The van der Waals surface area contributed by atoms with Gasteiger partial charge in [-0.15, -0.1) is 0 Å². The number of sulfonamides is 1. The van der Waals surface area contributed by atoms with Crippen molar-refractivity contribution < 1.29 is 22.3 Å². The Hall–Kier alpha value is -3.12. The maximum absolute atomic E-state index is 15.0. The van der Waals surface area contributed by atoms with Crippen LogP contribution in [-0.4, -0.2) is 59.6 Å². The molecule has 3 N–H and O–H groups in total. The number of aromatic nitrogens is 2. The summed E-state index contributed by atoms with van der Waals surface area (Å²) in [7, 11) is -2.67. The molecule has 0 aliphatic carbocycles. The molecule has 164 valence electrons. The third-order valence-electron chi connectivity index (χ3n) is 5.51. The van der Waals surface area contributed by atoms with Crippen LogP contribution in [0.4, 0.5) is 10.1 Å². The van der Waals surface area contributed by atoms with Gasteiger partial charge >= 0.3 is 0 Å². The molecule has 0 saturated carbocycles. The van der Waals surface area contributed by atoms with Crippen molar-refractivity contribution in [2.24, 2.45) is 10.7 Å². The number of carbonyl (C=O) groups excluding carboxylic acids is 1. The monoisotopic (exact) mass is 448 g/mol. The summed E-state index contributed by atoms with van der Waals surface area (Å²) in [5.74, 6) is -1.50. The molecular formula is C19H21FN6O4S. The molecule has 1 aromatic heterocycles. The van der Waals surface area contributed by atoms with E-state index in [0.29, 0.717) is 5.69 Å². The Kier molecular flexibility index (Phi) is 4.93. The van der Waals surface area contributed by atoms with Crippen molar-refractivity contribution in [3.05, 3.63) is 53.4 Å². The number of anilines is 1. The van der Waals surface area contributed by atoms with Gasteiger partial charge in [0, 0.05) is 24.5 Å². The highest BCUT2D eigenvalue weighted by Gasteiger charge is 2.61. The Morgan fingerprint density at radius 3 is 2.77 bits per heavy atom. The Morgan fingerprint density at radius 1 is 1.35 bits per heavy atom. The Bertz CT molecular complexity index is 1190. The lowest BCUT2D eigenvalue weighted by Crippen LogP contribution is -2.58. The van der Waals surface area contributed by atoms with Crippen molar-refractivity contribution >= 4 is 27.6 Å². The average Bonchev–Trinajstić information content (AvgIpc) is 3.06. The number of ether oxygens (including phenoxy) is 1. The van der Waals surface area contributed by atoms with Crippen LogP contribution in [0.15, 0.2) is 35.6 Å². The number of amides is 1. The average molecular weight is 448 g/mol. The van der Waals surface area contributed by atoms with Crippen LogP contribution in [0.1, 0.15) is 28.7 Å². The van der Waals surface area contributed by atoms with E-state index in [-0.39, 0.29) is 29.5 Å². The molecule has 3 heterocycles. The zero-order chi connectivity index (χ0) is 22.6. The van der Waals surface area contributed by atoms with Crippen LogP contribution < -0.4 is 11.1 Å². The molecule has 1 saturated heterocycles. The topological polar surface area (TPSA) is 140 Å². The highest BCUT2D eigenvalue weighted by molar-refractivity contribution is 7.90. The second-order valence-corrected chi connectivity index (χ2v) is 9.62. The van der Waals surface area contributed by atoms with Crippen LogP contribution >= 0.6 is 0 Å². The Morgan fingerprint density at radius 2 is 2.10 bits per heavy atom. The van der Waals surface area contributed by atoms with E-state index in [0.717, 1.165) is 10.4 Å². The van der Waals surface area contributed by atoms with Crippen molar-refractivity contribution in [1.82, 2.24) is 14.3 Å². The molecule has 31 heavy (non-hydrogen) atoms. The fraction of sp³-hybridized carbons (Fsp3) is 0.368. The minimum atomic E-state index is -3.96. The number of halogens is 1. The summed E-state index contributed by atoms with van der Waals surface area (Å²) in [6.45, 7) is 3.15. The van der Waals surface area contributed by atoms with E-state index < -0.39 is 38.6 Å². The molecule has 4 rings (SSSR count). The number of benzene rings is 1. The molecule has 0 radical (unpaired) electrons. The van der Waals surface area contributed by atoms with Crippen LogP contribution in [0.25, 0.3) is 0 Å². The normalized spacial score (nSPS) is 26.8. The zero-order valence-corrected chi connectivity index (χ0v) is 17.9. The van der Waals surface area contributed by atoms with Gasteiger partial charge in [0.15, 0.2) is 0 Å². The summed E-state index contributed by atoms with van der Waals surface area (Å²) in [5, 5.41) is 1.44. The molecule has 2 aliphatic heterocycles. The lowest BCUT2D eigenvalue weighted by Gasteiger charge is -2.39. The number of nitrogens with two attached hydrogens (primary N) is 1. The first kappa shape index (κ1) is 21.1. The molecule has 10 nitrogen and oxygen atoms in total. The van der Waals surface area contributed by atoms with Crippen LogP contribution in [-0.2, 0) is 20.3 Å². The predicted molar refractivity (Wildman–Crippen MR) is 110 cm³/mol. The predicted octanol–water partition coefficient (Wildman–Crippen LogP) is 0.749. The van der Waals surface area contributed by atoms with Gasteiger partial charge in [0.1, 0.15) is 22.3 Å². The van der Waals surface area contributed by atoms with Gasteiger partial charge in [0.2, 0.25) is 16.0 Å². The van der Waals surface area contributed by atoms with Gasteiger partial charge in [0.25, 0.3) is 5.91 Å². The van der Waals surface area contributed by atoms with Crippen LogP contribution in [0.2, 0.25) is 0 Å². The van der Waals surface area contributed by atoms with Crippen molar-refractivity contribution in [2.75, 3.05) is 19.0 Å². The lowest BCUT2D eigenvalue weighted by atomic mass is 9.86. The SMILES string of the molecule is Cc1cnc(C(=O)Nc2ccc(F)c([C@]34CO[C@@H](C)[C@H]3S(=O)(=O)N(C)C(N)=N4)c2)cn1. The van der Waals surface area contributed by atoms with Gasteiger partial charge < -0.3 is 15.8 Å². The molecule has 2 aliphatic rings. The van der Waals surface area contributed by atoms with E-state index >= 15 is 0 Å². The molecule has 0 spiro atoms. The fourth-order valence-electron chi connectivity index (χ4n) is 3.91. The molecule has 1 aromatic carbocycles. The van der Waals surface area contributed by atoms with E-state index in [9.17, 15) is 17.6 Å².